The summed E-state index contributed by atoms with van der Waals surface area (Å²) in [4.78, 5) is 30.0. The van der Waals surface area contributed by atoms with E-state index in [9.17, 15) is 14.7 Å². The van der Waals surface area contributed by atoms with Crippen molar-refractivity contribution in [1.29, 1.82) is 0 Å². The topological polar surface area (TPSA) is 109 Å². The van der Waals surface area contributed by atoms with E-state index in [0.29, 0.717) is 5.56 Å². The molecular weight excluding hydrogens is 320 g/mol. The van der Waals surface area contributed by atoms with Gasteiger partial charge in [-0.25, -0.2) is 0 Å². The number of nitrogens with zero attached hydrogens (tertiary/aromatic N) is 2. The van der Waals surface area contributed by atoms with E-state index in [4.69, 9.17) is 5.73 Å². The lowest BCUT2D eigenvalue weighted by Crippen LogP contribution is -2.50. The summed E-state index contributed by atoms with van der Waals surface area (Å²) in [6.45, 7) is -0.431. The van der Waals surface area contributed by atoms with Crippen LogP contribution >= 0.6 is 0 Å². The molecule has 2 aliphatic heterocycles. The lowest BCUT2D eigenvalue weighted by molar-refractivity contribution is -0.138. The van der Waals surface area contributed by atoms with E-state index in [1.807, 2.05) is 17.1 Å². The summed E-state index contributed by atoms with van der Waals surface area (Å²) in [6, 6.07) is 0.468. The molecule has 2 bridgehead atoms. The van der Waals surface area contributed by atoms with E-state index >= 15 is 0 Å². The second-order valence-corrected chi connectivity index (χ2v) is 7.03. The van der Waals surface area contributed by atoms with Crippen LogP contribution in [0.25, 0.3) is 6.08 Å². The maximum absolute atomic E-state index is 12.0. The molecule has 2 amide bonds. The Morgan fingerprint density at radius 2 is 2.04 bits per heavy atom. The van der Waals surface area contributed by atoms with E-state index in [-0.39, 0.29) is 24.0 Å². The molecule has 4 rings (SSSR count). The second-order valence-electron chi connectivity index (χ2n) is 7.03. The molecule has 1 aliphatic carbocycles. The fraction of sp³-hybridized carbons (Fsp3) is 0.500. The first-order chi connectivity index (χ1) is 12.1. The van der Waals surface area contributed by atoms with Crippen molar-refractivity contribution in [3.8, 4) is 0 Å². The minimum atomic E-state index is -0.492. The Bertz CT molecular complexity index is 747. The number of carbonyl (C=O) groups is 2. The van der Waals surface area contributed by atoms with Gasteiger partial charge in [-0.1, -0.05) is 12.2 Å². The van der Waals surface area contributed by atoms with Gasteiger partial charge < -0.3 is 21.1 Å². The number of aromatic nitrogens is 1. The molecule has 4 N–H and O–H groups in total. The van der Waals surface area contributed by atoms with Gasteiger partial charge in [-0.15, -0.1) is 0 Å². The standard InChI is InChI=1S/C18H22N4O3/c19-18(25)14-8-20-15-3-1-2-13(15)17(14)21-10-6-11-4-5-12(7-10)22(11)16(24)9-23/h1-2,8,10-12,23H,3-7,9H2,(H2,19,25)(H,20,21)/t11-,12-/m0/s1. The summed E-state index contributed by atoms with van der Waals surface area (Å²) in [6.07, 6.45) is 9.86. The number of rotatable bonds is 4. The minimum Gasteiger partial charge on any atom is -0.387 e. The number of anilines is 1. The van der Waals surface area contributed by atoms with E-state index in [1.54, 1.807) is 6.20 Å². The third-order valence-corrected chi connectivity index (χ3v) is 5.57. The van der Waals surface area contributed by atoms with Crippen LogP contribution in [0.1, 0.15) is 47.3 Å². The van der Waals surface area contributed by atoms with Gasteiger partial charge in [0.2, 0.25) is 5.91 Å². The number of amides is 2. The van der Waals surface area contributed by atoms with Crippen LogP contribution in [0, 0.1) is 0 Å². The smallest absolute Gasteiger partial charge is 0.252 e. The van der Waals surface area contributed by atoms with Gasteiger partial charge >= 0.3 is 0 Å². The first-order valence-corrected chi connectivity index (χ1v) is 8.75. The van der Waals surface area contributed by atoms with Crippen LogP contribution in [0.2, 0.25) is 0 Å². The second kappa shape index (κ2) is 6.15. The Morgan fingerprint density at radius 1 is 1.32 bits per heavy atom. The lowest BCUT2D eigenvalue weighted by Gasteiger charge is -2.39. The molecule has 2 saturated heterocycles. The number of piperidine rings is 1. The molecule has 0 spiro atoms. The summed E-state index contributed by atoms with van der Waals surface area (Å²) in [5.74, 6) is -0.675. The molecule has 25 heavy (non-hydrogen) atoms. The number of aliphatic hydroxyl groups is 1. The lowest BCUT2D eigenvalue weighted by atomic mass is 9.96. The zero-order valence-electron chi connectivity index (χ0n) is 13.9. The number of hydrogen-bond donors (Lipinski definition) is 3. The van der Waals surface area contributed by atoms with Crippen molar-refractivity contribution in [1.82, 2.24) is 9.88 Å². The van der Waals surface area contributed by atoms with E-state index < -0.39 is 12.5 Å². The Morgan fingerprint density at radius 3 is 2.68 bits per heavy atom. The molecule has 0 saturated carbocycles. The van der Waals surface area contributed by atoms with Crippen LogP contribution in [0.3, 0.4) is 0 Å². The fourth-order valence-corrected chi connectivity index (χ4v) is 4.53. The molecule has 0 unspecified atom stereocenters. The van der Waals surface area contributed by atoms with Crippen molar-refractivity contribution in [2.24, 2.45) is 5.73 Å². The summed E-state index contributed by atoms with van der Waals surface area (Å²) < 4.78 is 0. The average molecular weight is 342 g/mol. The third kappa shape index (κ3) is 2.68. The van der Waals surface area contributed by atoms with Gasteiger partial charge in [0, 0.05) is 36.3 Å². The molecule has 2 fully saturated rings. The molecule has 7 heteroatoms. The highest BCUT2D eigenvalue weighted by Gasteiger charge is 2.43. The first kappa shape index (κ1) is 16.1. The number of pyridine rings is 1. The van der Waals surface area contributed by atoms with Gasteiger partial charge in [0.1, 0.15) is 6.61 Å². The molecule has 3 heterocycles. The highest BCUT2D eigenvalue weighted by molar-refractivity contribution is 6.00. The predicted octanol–water partition coefficient (Wildman–Crippen LogP) is 0.676. The Balaban J connectivity index is 1.59. The van der Waals surface area contributed by atoms with Crippen molar-refractivity contribution in [2.45, 2.75) is 50.2 Å². The van der Waals surface area contributed by atoms with E-state index in [1.165, 1.54) is 0 Å². The maximum atomic E-state index is 12.0. The van der Waals surface area contributed by atoms with Gasteiger partial charge in [0.05, 0.1) is 16.9 Å². The molecule has 7 nitrogen and oxygen atoms in total. The van der Waals surface area contributed by atoms with Crippen LogP contribution in [0.4, 0.5) is 5.69 Å². The number of hydrogen-bond acceptors (Lipinski definition) is 5. The van der Waals surface area contributed by atoms with Crippen LogP contribution in [0.15, 0.2) is 12.3 Å². The number of carbonyl (C=O) groups excluding carboxylic acids is 2. The number of allylic oxidation sites excluding steroid dienone is 1. The zero-order valence-corrected chi connectivity index (χ0v) is 13.9. The monoisotopic (exact) mass is 342 g/mol. The van der Waals surface area contributed by atoms with E-state index in [0.717, 1.165) is 49.0 Å². The van der Waals surface area contributed by atoms with Crippen molar-refractivity contribution in [3.05, 3.63) is 29.1 Å². The van der Waals surface area contributed by atoms with Gasteiger partial charge in [-0.05, 0) is 25.7 Å². The Kier molecular flexibility index (Phi) is 3.95. The van der Waals surface area contributed by atoms with Gasteiger partial charge in [0.15, 0.2) is 0 Å². The van der Waals surface area contributed by atoms with Crippen LogP contribution in [-0.2, 0) is 11.2 Å². The predicted molar refractivity (Wildman–Crippen MR) is 92.9 cm³/mol. The first-order valence-electron chi connectivity index (χ1n) is 8.75. The SMILES string of the molecule is NC(=O)c1cnc2c(c1NC1C[C@@H]3CC[C@@H](C1)N3C(=O)CO)C=CC2. The molecule has 1 aromatic rings. The quantitative estimate of drug-likeness (QED) is 0.745. The highest BCUT2D eigenvalue weighted by Crippen LogP contribution is 2.38. The number of primary amides is 1. The molecular formula is C18H22N4O3. The Hall–Kier alpha value is -2.41. The van der Waals surface area contributed by atoms with Crippen molar-refractivity contribution >= 4 is 23.6 Å². The van der Waals surface area contributed by atoms with Gasteiger partial charge in [-0.2, -0.15) is 0 Å². The third-order valence-electron chi connectivity index (χ3n) is 5.57. The molecule has 3 aliphatic rings. The number of fused-ring (bicyclic) bond motifs is 3. The average Bonchev–Trinajstić information content (AvgIpc) is 3.17. The molecule has 132 valence electrons. The summed E-state index contributed by atoms with van der Waals surface area (Å²) in [5.41, 5.74) is 8.60. The van der Waals surface area contributed by atoms with Gasteiger partial charge in [0.25, 0.3) is 5.91 Å². The van der Waals surface area contributed by atoms with Crippen molar-refractivity contribution in [3.63, 3.8) is 0 Å². The van der Waals surface area contributed by atoms with Crippen molar-refractivity contribution < 1.29 is 14.7 Å². The summed E-state index contributed by atoms with van der Waals surface area (Å²) in [5, 5.41) is 12.7. The molecule has 0 radical (unpaired) electrons. The minimum absolute atomic E-state index is 0.151. The normalized spacial score (nSPS) is 26.6. The van der Waals surface area contributed by atoms with Gasteiger partial charge in [-0.3, -0.25) is 14.6 Å². The molecule has 1 aromatic heterocycles. The van der Waals surface area contributed by atoms with Crippen molar-refractivity contribution in [2.75, 3.05) is 11.9 Å². The van der Waals surface area contributed by atoms with Crippen LogP contribution in [0.5, 0.6) is 0 Å². The number of nitrogens with two attached hydrogens (primary N) is 1. The number of aliphatic hydroxyl groups excluding tert-OH is 1. The molecule has 2 atom stereocenters. The molecule has 0 aromatic carbocycles. The van der Waals surface area contributed by atoms with Crippen LogP contribution < -0.4 is 11.1 Å². The summed E-state index contributed by atoms with van der Waals surface area (Å²) >= 11 is 0. The van der Waals surface area contributed by atoms with E-state index in [2.05, 4.69) is 10.3 Å². The highest BCUT2D eigenvalue weighted by atomic mass is 16.3. The largest absolute Gasteiger partial charge is 0.387 e. The number of nitrogens with one attached hydrogen (secondary N) is 1. The summed E-state index contributed by atoms with van der Waals surface area (Å²) in [7, 11) is 0. The fourth-order valence-electron chi connectivity index (χ4n) is 4.53. The Labute approximate surface area is 145 Å². The van der Waals surface area contributed by atoms with Crippen LogP contribution in [-0.4, -0.2) is 51.5 Å². The maximum Gasteiger partial charge on any atom is 0.252 e. The zero-order chi connectivity index (χ0) is 17.6.